The Kier molecular flexibility index (Phi) is 9.99. The minimum Gasteiger partial charge on any atom is -0.273 e. The SMILES string of the molecule is CCCCCCCCCCCC(=O)N(c1ccc([N+](=O)[O-])cc1)S(C)(=O)=O. The minimum atomic E-state index is -3.80. The van der Waals surface area contributed by atoms with Gasteiger partial charge < -0.3 is 0 Å². The molecular weight excluding hydrogens is 368 g/mol. The second kappa shape index (κ2) is 11.7. The van der Waals surface area contributed by atoms with E-state index in [1.807, 2.05) is 0 Å². The average molecular weight is 399 g/mol. The van der Waals surface area contributed by atoms with Gasteiger partial charge >= 0.3 is 0 Å². The number of non-ortho nitro benzene ring substituents is 1. The van der Waals surface area contributed by atoms with Gasteiger partial charge in [-0.3, -0.25) is 14.9 Å². The fraction of sp³-hybridized carbons (Fsp3) is 0.632. The highest BCUT2D eigenvalue weighted by atomic mass is 32.2. The predicted molar refractivity (Wildman–Crippen MR) is 107 cm³/mol. The van der Waals surface area contributed by atoms with Crippen LogP contribution in [0.25, 0.3) is 0 Å². The van der Waals surface area contributed by atoms with E-state index in [1.165, 1.54) is 56.4 Å². The van der Waals surface area contributed by atoms with Crippen molar-refractivity contribution in [2.75, 3.05) is 10.6 Å². The van der Waals surface area contributed by atoms with Gasteiger partial charge in [-0.15, -0.1) is 0 Å². The fourth-order valence-electron chi connectivity index (χ4n) is 2.92. The first kappa shape index (κ1) is 23.1. The summed E-state index contributed by atoms with van der Waals surface area (Å²) in [4.78, 5) is 22.6. The summed E-state index contributed by atoms with van der Waals surface area (Å²) in [6, 6.07) is 4.96. The molecule has 0 spiro atoms. The van der Waals surface area contributed by atoms with Crippen LogP contribution in [0.3, 0.4) is 0 Å². The Balaban J connectivity index is 2.51. The number of rotatable bonds is 13. The highest BCUT2D eigenvalue weighted by Gasteiger charge is 2.25. The molecule has 7 nitrogen and oxygen atoms in total. The number of nitrogens with zero attached hydrogens (tertiary/aromatic N) is 2. The van der Waals surface area contributed by atoms with Crippen LogP contribution in [-0.4, -0.2) is 25.5 Å². The maximum Gasteiger partial charge on any atom is 0.269 e. The van der Waals surface area contributed by atoms with Gasteiger partial charge in [0.15, 0.2) is 0 Å². The highest BCUT2D eigenvalue weighted by molar-refractivity contribution is 7.92. The molecule has 0 aliphatic rings. The van der Waals surface area contributed by atoms with Crippen LogP contribution in [0.1, 0.15) is 71.1 Å². The summed E-state index contributed by atoms with van der Waals surface area (Å²) in [6.07, 6.45) is 11.0. The number of anilines is 1. The molecular formula is C19H30N2O5S. The van der Waals surface area contributed by atoms with Crippen LogP contribution in [0.2, 0.25) is 0 Å². The zero-order chi connectivity index (χ0) is 20.3. The number of carbonyl (C=O) groups excluding carboxylic acids is 1. The van der Waals surface area contributed by atoms with Crippen LogP contribution in [0.5, 0.6) is 0 Å². The Morgan fingerprint density at radius 2 is 1.44 bits per heavy atom. The number of benzene rings is 1. The molecule has 0 aliphatic heterocycles. The number of sulfonamides is 1. The van der Waals surface area contributed by atoms with Crippen LogP contribution in [-0.2, 0) is 14.8 Å². The molecule has 8 heteroatoms. The topological polar surface area (TPSA) is 97.6 Å². The van der Waals surface area contributed by atoms with E-state index < -0.39 is 20.9 Å². The molecule has 0 aromatic heterocycles. The van der Waals surface area contributed by atoms with Gasteiger partial charge in [-0.05, 0) is 18.6 Å². The Morgan fingerprint density at radius 3 is 1.89 bits per heavy atom. The van der Waals surface area contributed by atoms with E-state index in [0.717, 1.165) is 29.8 Å². The lowest BCUT2D eigenvalue weighted by Gasteiger charge is -2.20. The maximum atomic E-state index is 12.4. The molecule has 0 N–H and O–H groups in total. The van der Waals surface area contributed by atoms with Gasteiger partial charge in [0.05, 0.1) is 16.9 Å². The Hall–Kier alpha value is -1.96. The third kappa shape index (κ3) is 8.51. The van der Waals surface area contributed by atoms with Gasteiger partial charge in [-0.2, -0.15) is 0 Å². The Labute approximate surface area is 162 Å². The molecule has 0 saturated carbocycles. The van der Waals surface area contributed by atoms with E-state index in [2.05, 4.69) is 6.92 Å². The van der Waals surface area contributed by atoms with Gasteiger partial charge in [0.1, 0.15) is 0 Å². The van der Waals surface area contributed by atoms with Gasteiger partial charge in [-0.25, -0.2) is 12.7 Å². The molecule has 1 aromatic rings. The van der Waals surface area contributed by atoms with Crippen molar-refractivity contribution >= 4 is 27.3 Å². The van der Waals surface area contributed by atoms with Crippen LogP contribution < -0.4 is 4.31 Å². The molecule has 0 unspecified atom stereocenters. The van der Waals surface area contributed by atoms with Crippen molar-refractivity contribution in [1.82, 2.24) is 0 Å². The van der Waals surface area contributed by atoms with Crippen molar-refractivity contribution in [3.63, 3.8) is 0 Å². The summed E-state index contributed by atoms with van der Waals surface area (Å²) < 4.78 is 24.8. The van der Waals surface area contributed by atoms with E-state index in [1.54, 1.807) is 0 Å². The number of hydrogen-bond acceptors (Lipinski definition) is 5. The third-order valence-electron chi connectivity index (χ3n) is 4.35. The van der Waals surface area contributed by atoms with Crippen molar-refractivity contribution in [2.24, 2.45) is 0 Å². The summed E-state index contributed by atoms with van der Waals surface area (Å²) in [5, 5.41) is 10.7. The number of unbranched alkanes of at least 4 members (excludes halogenated alkanes) is 8. The first-order valence-electron chi connectivity index (χ1n) is 9.55. The predicted octanol–water partition coefficient (Wildman–Crippen LogP) is 4.81. The lowest BCUT2D eigenvalue weighted by Crippen LogP contribution is -2.36. The van der Waals surface area contributed by atoms with Crippen molar-refractivity contribution < 1.29 is 18.1 Å². The first-order valence-corrected chi connectivity index (χ1v) is 11.4. The molecule has 1 aromatic carbocycles. The summed E-state index contributed by atoms with van der Waals surface area (Å²) in [5.74, 6) is -0.505. The molecule has 0 bridgehead atoms. The molecule has 1 amide bonds. The minimum absolute atomic E-state index is 0.129. The standard InChI is InChI=1S/C19H30N2O5S/c1-3-4-5-6-7-8-9-10-11-12-19(22)20(27(2,25)26)17-13-15-18(16-14-17)21(23)24/h13-16H,3-12H2,1-2H3. The van der Waals surface area contributed by atoms with Crippen LogP contribution in [0.4, 0.5) is 11.4 Å². The number of amides is 1. The second-order valence-corrected chi connectivity index (χ2v) is 8.60. The second-order valence-electron chi connectivity index (χ2n) is 6.77. The zero-order valence-corrected chi connectivity index (χ0v) is 17.0. The van der Waals surface area contributed by atoms with E-state index in [9.17, 15) is 23.3 Å². The molecule has 0 fully saturated rings. The number of carbonyl (C=O) groups is 1. The monoisotopic (exact) mass is 398 g/mol. The molecule has 0 heterocycles. The van der Waals surface area contributed by atoms with Crippen molar-refractivity contribution in [3.8, 4) is 0 Å². The van der Waals surface area contributed by atoms with Gasteiger partial charge in [0.25, 0.3) is 5.69 Å². The molecule has 0 aliphatic carbocycles. The average Bonchev–Trinajstić information content (AvgIpc) is 2.59. The Morgan fingerprint density at radius 1 is 0.963 bits per heavy atom. The molecule has 0 radical (unpaired) electrons. The number of nitro benzene ring substituents is 1. The van der Waals surface area contributed by atoms with Gasteiger partial charge in [-0.1, -0.05) is 58.3 Å². The molecule has 1 rings (SSSR count). The quantitative estimate of drug-likeness (QED) is 0.270. The summed E-state index contributed by atoms with van der Waals surface area (Å²) >= 11 is 0. The van der Waals surface area contributed by atoms with Crippen LogP contribution in [0.15, 0.2) is 24.3 Å². The Bertz CT molecular complexity index is 701. The fourth-order valence-corrected chi connectivity index (χ4v) is 3.88. The summed E-state index contributed by atoms with van der Waals surface area (Å²) in [5.41, 5.74) is -0.0254. The smallest absolute Gasteiger partial charge is 0.269 e. The van der Waals surface area contributed by atoms with Gasteiger partial charge in [0, 0.05) is 18.6 Å². The van der Waals surface area contributed by atoms with Crippen LogP contribution >= 0.6 is 0 Å². The van der Waals surface area contributed by atoms with E-state index in [4.69, 9.17) is 0 Å². The first-order chi connectivity index (χ1) is 12.8. The van der Waals surface area contributed by atoms with E-state index in [-0.39, 0.29) is 17.8 Å². The number of hydrogen-bond donors (Lipinski definition) is 0. The largest absolute Gasteiger partial charge is 0.273 e. The number of nitro groups is 1. The molecule has 0 saturated heterocycles. The molecule has 152 valence electrons. The lowest BCUT2D eigenvalue weighted by atomic mass is 10.1. The molecule has 27 heavy (non-hydrogen) atoms. The maximum absolute atomic E-state index is 12.4. The lowest BCUT2D eigenvalue weighted by molar-refractivity contribution is -0.384. The third-order valence-corrected chi connectivity index (χ3v) is 5.43. The van der Waals surface area contributed by atoms with Crippen LogP contribution in [0, 0.1) is 10.1 Å². The van der Waals surface area contributed by atoms with E-state index >= 15 is 0 Å². The van der Waals surface area contributed by atoms with Crippen molar-refractivity contribution in [3.05, 3.63) is 34.4 Å². The summed E-state index contributed by atoms with van der Waals surface area (Å²) in [6.45, 7) is 2.19. The van der Waals surface area contributed by atoms with Crippen molar-refractivity contribution in [2.45, 2.75) is 71.1 Å². The highest BCUT2D eigenvalue weighted by Crippen LogP contribution is 2.23. The summed E-state index contributed by atoms with van der Waals surface area (Å²) in [7, 11) is -3.80. The van der Waals surface area contributed by atoms with E-state index in [0.29, 0.717) is 6.42 Å². The normalized spacial score (nSPS) is 11.3. The van der Waals surface area contributed by atoms with Crippen molar-refractivity contribution in [1.29, 1.82) is 0 Å². The zero-order valence-electron chi connectivity index (χ0n) is 16.2. The molecule has 0 atom stereocenters. The van der Waals surface area contributed by atoms with Gasteiger partial charge in [0.2, 0.25) is 15.9 Å².